The van der Waals surface area contributed by atoms with Crippen molar-refractivity contribution in [2.24, 2.45) is 0 Å². The Morgan fingerprint density at radius 2 is 1.81 bits per heavy atom. The zero-order valence-electron chi connectivity index (χ0n) is 14.9. The third kappa shape index (κ3) is 3.74. The Bertz CT molecular complexity index is 738. The van der Waals surface area contributed by atoms with E-state index in [0.717, 1.165) is 0 Å². The van der Waals surface area contributed by atoms with E-state index < -0.39 is 0 Å². The molecule has 26 heavy (non-hydrogen) atoms. The number of urea groups is 1. The number of methoxy groups -OCH3 is 3. The summed E-state index contributed by atoms with van der Waals surface area (Å²) in [6, 6.07) is 8.61. The molecule has 2 heterocycles. The van der Waals surface area contributed by atoms with Gasteiger partial charge in [0.15, 0.2) is 11.5 Å². The predicted octanol–water partition coefficient (Wildman–Crippen LogP) is 2.40. The van der Waals surface area contributed by atoms with Crippen LogP contribution in [-0.4, -0.2) is 56.4 Å². The number of amides is 2. The second-order valence-electron chi connectivity index (χ2n) is 5.66. The molecule has 0 aliphatic carbocycles. The van der Waals surface area contributed by atoms with Crippen LogP contribution in [0.4, 0.5) is 10.5 Å². The first-order chi connectivity index (χ1) is 12.6. The molecule has 0 bridgehead atoms. The van der Waals surface area contributed by atoms with Gasteiger partial charge in [-0.1, -0.05) is 6.07 Å². The highest BCUT2D eigenvalue weighted by Crippen LogP contribution is 2.40. The number of anilines is 1. The number of ether oxygens (including phenoxy) is 4. The molecule has 1 aromatic carbocycles. The van der Waals surface area contributed by atoms with E-state index in [0.29, 0.717) is 41.9 Å². The summed E-state index contributed by atoms with van der Waals surface area (Å²) < 4.78 is 21.5. The number of carbonyl (C=O) groups excluding carboxylic acids is 1. The van der Waals surface area contributed by atoms with Crippen LogP contribution in [0.3, 0.4) is 0 Å². The number of aromatic nitrogens is 1. The number of likely N-dealkylation sites (tertiary alicyclic amines) is 1. The molecule has 0 saturated carbocycles. The number of rotatable bonds is 6. The highest BCUT2D eigenvalue weighted by atomic mass is 16.5. The minimum atomic E-state index is -0.222. The molecular weight excluding hydrogens is 338 g/mol. The van der Waals surface area contributed by atoms with Crippen molar-refractivity contribution in [1.82, 2.24) is 9.88 Å². The first kappa shape index (κ1) is 17.7. The van der Waals surface area contributed by atoms with Gasteiger partial charge >= 0.3 is 6.03 Å². The second kappa shape index (κ2) is 7.81. The largest absolute Gasteiger partial charge is 0.493 e. The standard InChI is InChI=1S/C18H21N3O5/c1-23-14-8-12(9-15(24-2)17(14)25-3)20-18(22)21-10-13(11-21)26-16-6-4-5-7-19-16/h4-9,13H,10-11H2,1-3H3,(H,20,22). The Hall–Kier alpha value is -3.16. The van der Waals surface area contributed by atoms with E-state index in [1.807, 2.05) is 12.1 Å². The summed E-state index contributed by atoms with van der Waals surface area (Å²) in [5.41, 5.74) is 0.554. The van der Waals surface area contributed by atoms with Gasteiger partial charge < -0.3 is 29.2 Å². The lowest BCUT2D eigenvalue weighted by molar-refractivity contribution is 0.0461. The van der Waals surface area contributed by atoms with E-state index in [4.69, 9.17) is 18.9 Å². The van der Waals surface area contributed by atoms with Crippen molar-refractivity contribution < 1.29 is 23.7 Å². The number of benzene rings is 1. The lowest BCUT2D eigenvalue weighted by Gasteiger charge is -2.38. The van der Waals surface area contributed by atoms with E-state index >= 15 is 0 Å². The van der Waals surface area contributed by atoms with Gasteiger partial charge in [0.05, 0.1) is 40.1 Å². The SMILES string of the molecule is COc1cc(NC(=O)N2CC(Oc3ccccn3)C2)cc(OC)c1OC. The molecule has 3 rings (SSSR count). The van der Waals surface area contributed by atoms with Gasteiger partial charge in [0, 0.05) is 24.4 Å². The van der Waals surface area contributed by atoms with Gasteiger partial charge in [0.25, 0.3) is 0 Å². The number of carbonyl (C=O) groups is 1. The van der Waals surface area contributed by atoms with Crippen LogP contribution in [0.5, 0.6) is 23.1 Å². The van der Waals surface area contributed by atoms with Gasteiger partial charge in [-0.05, 0) is 6.07 Å². The zero-order chi connectivity index (χ0) is 18.5. The van der Waals surface area contributed by atoms with E-state index in [2.05, 4.69) is 10.3 Å². The van der Waals surface area contributed by atoms with Gasteiger partial charge in [-0.3, -0.25) is 0 Å². The Morgan fingerprint density at radius 3 is 2.35 bits per heavy atom. The van der Waals surface area contributed by atoms with Gasteiger partial charge in [-0.2, -0.15) is 0 Å². The summed E-state index contributed by atoms with van der Waals surface area (Å²) in [5.74, 6) is 1.98. The van der Waals surface area contributed by atoms with Crippen LogP contribution in [-0.2, 0) is 0 Å². The molecule has 1 aliphatic heterocycles. The third-order valence-electron chi connectivity index (χ3n) is 3.98. The van der Waals surface area contributed by atoms with Crippen molar-refractivity contribution in [3.63, 3.8) is 0 Å². The monoisotopic (exact) mass is 359 g/mol. The van der Waals surface area contributed by atoms with Crippen molar-refractivity contribution in [2.45, 2.75) is 6.10 Å². The summed E-state index contributed by atoms with van der Waals surface area (Å²) >= 11 is 0. The quantitative estimate of drug-likeness (QED) is 0.853. The molecule has 0 unspecified atom stereocenters. The van der Waals surface area contributed by atoms with Gasteiger partial charge in [-0.25, -0.2) is 9.78 Å². The zero-order valence-corrected chi connectivity index (χ0v) is 14.9. The number of nitrogens with zero attached hydrogens (tertiary/aromatic N) is 2. The van der Waals surface area contributed by atoms with Crippen LogP contribution in [0, 0.1) is 0 Å². The number of nitrogens with one attached hydrogen (secondary N) is 1. The smallest absolute Gasteiger partial charge is 0.322 e. The summed E-state index contributed by atoms with van der Waals surface area (Å²) in [4.78, 5) is 18.1. The Labute approximate surface area is 151 Å². The molecule has 1 aromatic heterocycles. The van der Waals surface area contributed by atoms with Crippen molar-refractivity contribution in [3.05, 3.63) is 36.5 Å². The minimum absolute atomic E-state index is 0.0596. The molecule has 8 heteroatoms. The van der Waals surface area contributed by atoms with Crippen molar-refractivity contribution in [2.75, 3.05) is 39.7 Å². The summed E-state index contributed by atoms with van der Waals surface area (Å²) in [5, 5.41) is 2.83. The van der Waals surface area contributed by atoms with E-state index in [1.165, 1.54) is 21.3 Å². The fourth-order valence-corrected chi connectivity index (χ4v) is 2.62. The average Bonchev–Trinajstić information content (AvgIpc) is 2.64. The average molecular weight is 359 g/mol. The van der Waals surface area contributed by atoms with Crippen molar-refractivity contribution >= 4 is 11.7 Å². The Morgan fingerprint density at radius 1 is 1.12 bits per heavy atom. The van der Waals surface area contributed by atoms with Gasteiger partial charge in [-0.15, -0.1) is 0 Å². The van der Waals surface area contributed by atoms with Crippen LogP contribution < -0.4 is 24.3 Å². The van der Waals surface area contributed by atoms with Gasteiger partial charge in [0.1, 0.15) is 6.10 Å². The lowest BCUT2D eigenvalue weighted by atomic mass is 10.2. The van der Waals surface area contributed by atoms with Crippen molar-refractivity contribution in [3.8, 4) is 23.1 Å². The van der Waals surface area contributed by atoms with E-state index in [-0.39, 0.29) is 12.1 Å². The number of pyridine rings is 1. The molecule has 1 N–H and O–H groups in total. The first-order valence-electron chi connectivity index (χ1n) is 8.08. The molecule has 1 aliphatic rings. The minimum Gasteiger partial charge on any atom is -0.493 e. The summed E-state index contributed by atoms with van der Waals surface area (Å²) in [6.45, 7) is 0.986. The summed E-state index contributed by atoms with van der Waals surface area (Å²) in [7, 11) is 4.58. The number of hydrogen-bond acceptors (Lipinski definition) is 6. The molecule has 2 amide bonds. The topological polar surface area (TPSA) is 82.2 Å². The molecule has 138 valence electrons. The number of hydrogen-bond donors (Lipinski definition) is 1. The lowest BCUT2D eigenvalue weighted by Crippen LogP contribution is -2.57. The van der Waals surface area contributed by atoms with Gasteiger partial charge in [0.2, 0.25) is 11.6 Å². The molecule has 0 radical (unpaired) electrons. The van der Waals surface area contributed by atoms with Crippen molar-refractivity contribution in [1.29, 1.82) is 0 Å². The van der Waals surface area contributed by atoms with Crippen LogP contribution >= 0.6 is 0 Å². The maximum atomic E-state index is 12.4. The Balaban J connectivity index is 1.59. The van der Waals surface area contributed by atoms with Crippen LogP contribution in [0.25, 0.3) is 0 Å². The first-order valence-corrected chi connectivity index (χ1v) is 8.08. The maximum Gasteiger partial charge on any atom is 0.322 e. The van der Waals surface area contributed by atoms with Crippen LogP contribution in [0.1, 0.15) is 0 Å². The molecule has 0 atom stereocenters. The van der Waals surface area contributed by atoms with E-state index in [9.17, 15) is 4.79 Å². The summed E-state index contributed by atoms with van der Waals surface area (Å²) in [6.07, 6.45) is 1.61. The molecule has 1 saturated heterocycles. The molecular formula is C18H21N3O5. The molecule has 2 aromatic rings. The maximum absolute atomic E-state index is 12.4. The third-order valence-corrected chi connectivity index (χ3v) is 3.98. The molecule has 8 nitrogen and oxygen atoms in total. The fraction of sp³-hybridized carbons (Fsp3) is 0.333. The highest BCUT2D eigenvalue weighted by molar-refractivity contribution is 5.90. The predicted molar refractivity (Wildman–Crippen MR) is 95.3 cm³/mol. The highest BCUT2D eigenvalue weighted by Gasteiger charge is 2.32. The second-order valence-corrected chi connectivity index (χ2v) is 5.66. The molecule has 1 fully saturated rings. The van der Waals surface area contributed by atoms with Crippen LogP contribution in [0.2, 0.25) is 0 Å². The van der Waals surface area contributed by atoms with E-state index in [1.54, 1.807) is 29.3 Å². The van der Waals surface area contributed by atoms with Crippen LogP contribution in [0.15, 0.2) is 36.5 Å². The fourth-order valence-electron chi connectivity index (χ4n) is 2.62. The Kier molecular flexibility index (Phi) is 5.31. The molecule has 0 spiro atoms. The normalized spacial score (nSPS) is 13.6.